The molecule has 1 aromatic carbocycles. The lowest BCUT2D eigenvalue weighted by Crippen LogP contribution is -2.32. The van der Waals surface area contributed by atoms with Gasteiger partial charge in [0.1, 0.15) is 5.75 Å². The van der Waals surface area contributed by atoms with E-state index >= 15 is 0 Å². The molecular weight excluding hydrogens is 240 g/mol. The van der Waals surface area contributed by atoms with Gasteiger partial charge in [0.2, 0.25) is 0 Å². The van der Waals surface area contributed by atoms with Crippen LogP contribution in [0.15, 0.2) is 24.3 Å². The van der Waals surface area contributed by atoms with Crippen LogP contribution < -0.4 is 10.1 Å². The van der Waals surface area contributed by atoms with Gasteiger partial charge < -0.3 is 19.7 Å². The Kier molecular flexibility index (Phi) is 7.48. The van der Waals surface area contributed by atoms with Gasteiger partial charge >= 0.3 is 0 Å². The van der Waals surface area contributed by atoms with E-state index in [-0.39, 0.29) is 6.04 Å². The summed E-state index contributed by atoms with van der Waals surface area (Å²) in [5.41, 5.74) is 1.20. The number of likely N-dealkylation sites (N-methyl/N-ethyl adjacent to an activating group) is 2. The van der Waals surface area contributed by atoms with E-state index in [2.05, 4.69) is 23.3 Å². The summed E-state index contributed by atoms with van der Waals surface area (Å²) in [6, 6.07) is 8.43. The van der Waals surface area contributed by atoms with Crippen molar-refractivity contribution in [3.05, 3.63) is 29.8 Å². The Morgan fingerprint density at radius 3 is 2.63 bits per heavy atom. The maximum absolute atomic E-state index is 5.43. The standard InChI is InChI=1S/C15H26N2O2/c1-16-14(12-17(2)10-7-11-18-3)13-8-5-6-9-15(13)19-4/h5-6,8-9,14,16H,7,10-12H2,1-4H3. The molecule has 0 amide bonds. The minimum absolute atomic E-state index is 0.267. The number of hydrogen-bond donors (Lipinski definition) is 1. The van der Waals surface area contributed by atoms with Gasteiger partial charge in [0.05, 0.1) is 7.11 Å². The first-order valence-electron chi connectivity index (χ1n) is 6.70. The molecule has 0 aliphatic heterocycles. The molecule has 0 aliphatic carbocycles. The van der Waals surface area contributed by atoms with E-state index in [1.54, 1.807) is 14.2 Å². The number of rotatable bonds is 9. The number of nitrogens with zero attached hydrogens (tertiary/aromatic N) is 1. The van der Waals surface area contributed by atoms with Gasteiger partial charge in [-0.1, -0.05) is 18.2 Å². The fraction of sp³-hybridized carbons (Fsp3) is 0.600. The Labute approximate surface area is 116 Å². The zero-order chi connectivity index (χ0) is 14.1. The summed E-state index contributed by atoms with van der Waals surface area (Å²) < 4.78 is 10.5. The third-order valence-electron chi connectivity index (χ3n) is 3.25. The third-order valence-corrected chi connectivity index (χ3v) is 3.25. The van der Waals surface area contributed by atoms with E-state index in [4.69, 9.17) is 9.47 Å². The summed E-state index contributed by atoms with van der Waals surface area (Å²) >= 11 is 0. The molecule has 0 heterocycles. The first-order valence-corrected chi connectivity index (χ1v) is 6.70. The second-order valence-electron chi connectivity index (χ2n) is 4.69. The fourth-order valence-corrected chi connectivity index (χ4v) is 2.18. The number of ether oxygens (including phenoxy) is 2. The Bertz CT molecular complexity index is 358. The highest BCUT2D eigenvalue weighted by Gasteiger charge is 2.15. The third kappa shape index (κ3) is 5.19. The Balaban J connectivity index is 2.61. The largest absolute Gasteiger partial charge is 0.496 e. The Morgan fingerprint density at radius 2 is 2.00 bits per heavy atom. The van der Waals surface area contributed by atoms with Crippen LogP contribution in [0.1, 0.15) is 18.0 Å². The van der Waals surface area contributed by atoms with Crippen molar-refractivity contribution in [3.63, 3.8) is 0 Å². The van der Waals surface area contributed by atoms with Gasteiger partial charge in [-0.25, -0.2) is 0 Å². The van der Waals surface area contributed by atoms with E-state index in [0.29, 0.717) is 0 Å². The van der Waals surface area contributed by atoms with Gasteiger partial charge in [-0.15, -0.1) is 0 Å². The predicted octanol–water partition coefficient (Wildman–Crippen LogP) is 1.92. The molecule has 0 spiro atoms. The summed E-state index contributed by atoms with van der Waals surface area (Å²) in [6.07, 6.45) is 1.05. The van der Waals surface area contributed by atoms with Crippen molar-refractivity contribution in [2.24, 2.45) is 0 Å². The lowest BCUT2D eigenvalue weighted by atomic mass is 10.1. The van der Waals surface area contributed by atoms with Crippen LogP contribution in [-0.2, 0) is 4.74 Å². The van der Waals surface area contributed by atoms with Crippen molar-refractivity contribution in [2.75, 3.05) is 48.0 Å². The van der Waals surface area contributed by atoms with Crippen LogP contribution in [0.4, 0.5) is 0 Å². The number of benzene rings is 1. The molecule has 1 N–H and O–H groups in total. The number of nitrogens with one attached hydrogen (secondary N) is 1. The lowest BCUT2D eigenvalue weighted by Gasteiger charge is -2.25. The smallest absolute Gasteiger partial charge is 0.123 e. The van der Waals surface area contributed by atoms with E-state index in [0.717, 1.165) is 31.9 Å². The van der Waals surface area contributed by atoms with E-state index in [1.165, 1.54) is 5.56 Å². The molecule has 4 nitrogen and oxygen atoms in total. The molecule has 19 heavy (non-hydrogen) atoms. The molecule has 0 saturated carbocycles. The lowest BCUT2D eigenvalue weighted by molar-refractivity contribution is 0.176. The van der Waals surface area contributed by atoms with Gasteiger partial charge in [-0.05, 0) is 26.6 Å². The zero-order valence-electron chi connectivity index (χ0n) is 12.5. The molecule has 1 atom stereocenters. The Hall–Kier alpha value is -1.10. The molecule has 0 aromatic heterocycles. The van der Waals surface area contributed by atoms with Gasteiger partial charge in [0.25, 0.3) is 0 Å². The van der Waals surface area contributed by atoms with Crippen molar-refractivity contribution >= 4 is 0 Å². The molecule has 1 rings (SSSR count). The zero-order valence-corrected chi connectivity index (χ0v) is 12.5. The monoisotopic (exact) mass is 266 g/mol. The van der Waals surface area contributed by atoms with Crippen LogP contribution in [0.3, 0.4) is 0 Å². The second-order valence-corrected chi connectivity index (χ2v) is 4.69. The number of para-hydroxylation sites is 1. The SMILES string of the molecule is CNC(CN(C)CCCOC)c1ccccc1OC. The van der Waals surface area contributed by atoms with Gasteiger partial charge in [-0.3, -0.25) is 0 Å². The van der Waals surface area contributed by atoms with Gasteiger partial charge in [0.15, 0.2) is 0 Å². The normalized spacial score (nSPS) is 12.7. The fourth-order valence-electron chi connectivity index (χ4n) is 2.18. The first-order chi connectivity index (χ1) is 9.22. The van der Waals surface area contributed by atoms with Gasteiger partial charge in [-0.2, -0.15) is 0 Å². The molecule has 1 aromatic rings. The molecule has 0 bridgehead atoms. The molecule has 4 heteroatoms. The van der Waals surface area contributed by atoms with Crippen LogP contribution in [0.5, 0.6) is 5.75 Å². The van der Waals surface area contributed by atoms with Crippen LogP contribution in [0.2, 0.25) is 0 Å². The summed E-state index contributed by atoms with van der Waals surface area (Å²) in [5.74, 6) is 0.937. The molecule has 0 aliphatic rings. The molecule has 0 fully saturated rings. The van der Waals surface area contributed by atoms with E-state index in [1.807, 2.05) is 25.2 Å². The number of methoxy groups -OCH3 is 2. The minimum atomic E-state index is 0.267. The van der Waals surface area contributed by atoms with E-state index in [9.17, 15) is 0 Å². The van der Waals surface area contributed by atoms with Gasteiger partial charge in [0, 0.05) is 38.4 Å². The molecule has 108 valence electrons. The van der Waals surface area contributed by atoms with E-state index < -0.39 is 0 Å². The first kappa shape index (κ1) is 16.0. The summed E-state index contributed by atoms with van der Waals surface area (Å²) in [4.78, 5) is 2.31. The van der Waals surface area contributed by atoms with Crippen LogP contribution in [-0.4, -0.2) is 52.9 Å². The average molecular weight is 266 g/mol. The summed E-state index contributed by atoms with van der Waals surface area (Å²) in [5, 5.41) is 3.36. The quantitative estimate of drug-likeness (QED) is 0.692. The molecule has 1 unspecified atom stereocenters. The highest BCUT2D eigenvalue weighted by molar-refractivity contribution is 5.36. The van der Waals surface area contributed by atoms with Crippen molar-refractivity contribution in [3.8, 4) is 5.75 Å². The number of hydrogen-bond acceptors (Lipinski definition) is 4. The van der Waals surface area contributed by atoms with Crippen molar-refractivity contribution in [1.29, 1.82) is 0 Å². The van der Waals surface area contributed by atoms with Crippen molar-refractivity contribution in [1.82, 2.24) is 10.2 Å². The molecule has 0 radical (unpaired) electrons. The summed E-state index contributed by atoms with van der Waals surface area (Å²) in [7, 11) is 7.58. The van der Waals surface area contributed by atoms with Crippen LogP contribution in [0, 0.1) is 0 Å². The maximum Gasteiger partial charge on any atom is 0.123 e. The predicted molar refractivity (Wildman–Crippen MR) is 78.8 cm³/mol. The van der Waals surface area contributed by atoms with Crippen molar-refractivity contribution < 1.29 is 9.47 Å². The highest BCUT2D eigenvalue weighted by Crippen LogP contribution is 2.24. The minimum Gasteiger partial charge on any atom is -0.496 e. The van der Waals surface area contributed by atoms with Crippen LogP contribution >= 0.6 is 0 Å². The highest BCUT2D eigenvalue weighted by atomic mass is 16.5. The average Bonchev–Trinajstić information content (AvgIpc) is 2.45. The second kappa shape index (κ2) is 8.91. The molecular formula is C15H26N2O2. The Morgan fingerprint density at radius 1 is 1.26 bits per heavy atom. The van der Waals surface area contributed by atoms with Crippen molar-refractivity contribution in [2.45, 2.75) is 12.5 Å². The van der Waals surface area contributed by atoms with Crippen LogP contribution in [0.25, 0.3) is 0 Å². The topological polar surface area (TPSA) is 33.7 Å². The maximum atomic E-state index is 5.43. The molecule has 0 saturated heterocycles. The summed E-state index contributed by atoms with van der Waals surface area (Å²) in [6.45, 7) is 2.78.